The lowest BCUT2D eigenvalue weighted by Crippen LogP contribution is -2.31. The molecule has 17 aromatic rings. The molecule has 0 aliphatic carbocycles. The Morgan fingerprint density at radius 2 is 0.605 bits per heavy atom. The second-order valence-corrected chi connectivity index (χ2v) is 33.9. The Labute approximate surface area is 848 Å². The molecule has 778 valence electrons. The van der Waals surface area contributed by atoms with Gasteiger partial charge < -0.3 is 109 Å². The monoisotopic (exact) mass is 2020 g/mol. The molecule has 0 aliphatic rings. The third-order valence-electron chi connectivity index (χ3n) is 22.3. The molecular weight excluding hydrogens is 1880 g/mol. The minimum atomic E-state index is -4.15. The van der Waals surface area contributed by atoms with Crippen LogP contribution in [0, 0.1) is 19.8 Å². The summed E-state index contributed by atoms with van der Waals surface area (Å²) in [5, 5.41) is 63.2. The minimum Gasteiger partial charge on any atom is -0.394 e. The Hall–Kier alpha value is -16.4. The van der Waals surface area contributed by atoms with Crippen LogP contribution in [0.2, 0.25) is 0 Å². The summed E-state index contributed by atoms with van der Waals surface area (Å²) in [7, 11) is 0. The van der Waals surface area contributed by atoms with E-state index in [0.29, 0.717) is 96.5 Å². The number of alkyl halides is 3. The van der Waals surface area contributed by atoms with Gasteiger partial charge in [-0.15, -0.1) is 0 Å². The number of aliphatic hydroxyl groups is 4. The number of anilines is 16. The van der Waals surface area contributed by atoms with Crippen LogP contribution < -0.4 is 88.4 Å². The number of fused-ring (bicyclic) bond motifs is 8. The first-order valence-electron chi connectivity index (χ1n) is 48.7. The van der Waals surface area contributed by atoms with E-state index in [4.69, 9.17) is 45.9 Å². The van der Waals surface area contributed by atoms with E-state index in [9.17, 15) is 33.6 Å². The summed E-state index contributed by atoms with van der Waals surface area (Å²) in [5.74, 6) is 6.75. The molecule has 44 nitrogen and oxygen atoms in total. The van der Waals surface area contributed by atoms with E-state index in [2.05, 4.69) is 218 Å². The van der Waals surface area contributed by atoms with Gasteiger partial charge in [0.15, 0.2) is 46.5 Å². The normalized spacial score (nSPS) is 12.2. The van der Waals surface area contributed by atoms with Crippen LogP contribution >= 0.6 is 0 Å². The number of aromatic nitrogens is 24. The fourth-order valence-electron chi connectivity index (χ4n) is 14.7. The molecule has 1 unspecified atom stereocenters. The van der Waals surface area contributed by atoms with Crippen LogP contribution in [-0.4, -0.2) is 216 Å². The van der Waals surface area contributed by atoms with E-state index in [1.165, 1.54) is 12.8 Å². The molecule has 0 bridgehead atoms. The summed E-state index contributed by atoms with van der Waals surface area (Å²) in [4.78, 5) is 100. The number of nitrogens with two attached hydrogens (primary N) is 8. The standard InChI is InChI=1S/C15H15N5O.2C13H19N5O.C12H17N5O.3C12H17N5.C11H12F3N5/c16-15-19-11-7-4-8-17-13(11)14(20-15)18-12(9-21)10-5-2-1-3-6-10;1-3-8(2)10(7-19)16-12-11-9(5-4-6-15-11)17-13(14)18-12;1-3-4-9(7-19)16-12-11-10(17-13(14)18-12)8(2)5-6-15-11;1-2-4-8(7-18)15-11-10-9(5-3-6-14-10)16-12(13)17-11;1-3-5-8(2)15-11-10-9(6-4-7-14-10)16-12(13)17-11;1-3-4-6-15-11-10-9(16-12(13)17-11)8(2)5-7-14-10;1-2-3-4-7-15-11-10-9(6-5-8-14-10)16-12(13)17-11;12-11(13,14)4-2-6-17-9-8-7(3-1-5-16-8)18-10(15)19-9/h1-8,12,21H,9H2,(H3,16,18,19,20);4-6,8,10,19H,3,7H2,1-2H3,(H3,14,16,17,18);5-6,9,19H,3-4,7H2,1-2H3,(H3,14,16,17,18);3,5-6,8,18H,2,4,7H2,1H3,(H3,13,15,16,17);4,6-8H,3,5H2,1-2H3,(H3,13,15,16,17);5,7H,3-4,6H2,1-2H3,(H3,13,15,16,17);5-6,8H,2-4,7H2,1H3,(H3,13,15,16,17);1,3,5H,2,4,6H2,(H3,15,17,18,19)/t12-;8-,10+;9-;8-;;;;/m1001..../s1. The van der Waals surface area contributed by atoms with Crippen LogP contribution in [0.25, 0.3) is 88.3 Å². The molecule has 6 atom stereocenters. The molecule has 0 amide bonds. The highest BCUT2D eigenvalue weighted by atomic mass is 19.4. The lowest BCUT2D eigenvalue weighted by atomic mass is 10.00. The highest BCUT2D eigenvalue weighted by Gasteiger charge is 2.27. The number of aliphatic hydroxyl groups excluding tert-OH is 4. The van der Waals surface area contributed by atoms with Gasteiger partial charge >= 0.3 is 6.18 Å². The van der Waals surface area contributed by atoms with Crippen molar-refractivity contribution in [2.45, 2.75) is 196 Å². The molecule has 0 fully saturated rings. The maximum Gasteiger partial charge on any atom is 0.389 e. The fraction of sp³-hybridized carbons (Fsp3) is 0.380. The first-order chi connectivity index (χ1) is 71.0. The molecule has 0 saturated heterocycles. The van der Waals surface area contributed by atoms with Gasteiger partial charge in [0.05, 0.1) is 94.7 Å². The maximum absolute atomic E-state index is 12.0. The molecule has 1 aromatic carbocycles. The summed E-state index contributed by atoms with van der Waals surface area (Å²) in [6.07, 6.45) is 21.1. The summed E-state index contributed by atoms with van der Waals surface area (Å²) in [6, 6.07) is 35.1. The van der Waals surface area contributed by atoms with Crippen LogP contribution in [-0.2, 0) is 0 Å². The first kappa shape index (κ1) is 113. The van der Waals surface area contributed by atoms with Gasteiger partial charge in [-0.05, 0) is 167 Å². The van der Waals surface area contributed by atoms with Gasteiger partial charge in [0.1, 0.15) is 44.1 Å². The third kappa shape index (κ3) is 34.4. The Bertz CT molecular complexity index is 6980. The average Bonchev–Trinajstić information content (AvgIpc) is 0.910. The highest BCUT2D eigenvalue weighted by molar-refractivity contribution is 5.92. The van der Waals surface area contributed by atoms with E-state index in [1.807, 2.05) is 98.8 Å². The van der Waals surface area contributed by atoms with Crippen LogP contribution in [0.4, 0.5) is 107 Å². The number of nitrogens with one attached hydrogen (secondary N) is 8. The van der Waals surface area contributed by atoms with Crippen molar-refractivity contribution in [3.8, 4) is 0 Å². The van der Waals surface area contributed by atoms with Crippen molar-refractivity contribution >= 4 is 182 Å². The summed E-state index contributed by atoms with van der Waals surface area (Å²) < 4.78 is 36.0. The van der Waals surface area contributed by atoms with Crippen molar-refractivity contribution in [3.63, 3.8) is 0 Å². The van der Waals surface area contributed by atoms with Gasteiger partial charge in [-0.25, -0.2) is 39.9 Å². The topological polar surface area (TPSA) is 695 Å². The van der Waals surface area contributed by atoms with Gasteiger partial charge in [0.25, 0.3) is 0 Å². The van der Waals surface area contributed by atoms with E-state index >= 15 is 0 Å². The number of hydrogen-bond donors (Lipinski definition) is 20. The molecule has 47 heteroatoms. The minimum absolute atomic E-state index is 0.0350. The molecule has 147 heavy (non-hydrogen) atoms. The van der Waals surface area contributed by atoms with Crippen LogP contribution in [0.15, 0.2) is 165 Å². The number of hydrogen-bond acceptors (Lipinski definition) is 44. The number of nitrogen functional groups attached to an aromatic ring is 8. The Balaban J connectivity index is 0.000000172. The number of nitrogens with zero attached hydrogens (tertiary/aromatic N) is 24. The summed E-state index contributed by atoms with van der Waals surface area (Å²) in [6.45, 7) is 22.8. The lowest BCUT2D eigenvalue weighted by Gasteiger charge is -2.23. The quantitative estimate of drug-likeness (QED) is 0.0162. The van der Waals surface area contributed by atoms with Crippen molar-refractivity contribution in [2.75, 3.05) is 134 Å². The van der Waals surface area contributed by atoms with E-state index in [0.717, 1.165) is 144 Å². The van der Waals surface area contributed by atoms with E-state index in [1.54, 1.807) is 79.9 Å². The van der Waals surface area contributed by atoms with Gasteiger partial charge in [-0.3, -0.25) is 39.9 Å². The van der Waals surface area contributed by atoms with Crippen molar-refractivity contribution in [3.05, 3.63) is 182 Å². The van der Waals surface area contributed by atoms with Gasteiger partial charge in [-0.2, -0.15) is 53.0 Å². The van der Waals surface area contributed by atoms with Crippen molar-refractivity contribution in [1.29, 1.82) is 0 Å². The largest absolute Gasteiger partial charge is 0.394 e. The molecule has 16 aromatic heterocycles. The smallest absolute Gasteiger partial charge is 0.389 e. The summed E-state index contributed by atoms with van der Waals surface area (Å²) >= 11 is 0. The number of unbranched alkanes of at least 4 members (excludes halogenated alkanes) is 3. The third-order valence-corrected chi connectivity index (χ3v) is 22.3. The van der Waals surface area contributed by atoms with Crippen molar-refractivity contribution in [2.24, 2.45) is 5.92 Å². The van der Waals surface area contributed by atoms with Crippen LogP contribution in [0.5, 0.6) is 0 Å². The molecule has 0 saturated carbocycles. The molecule has 0 radical (unpaired) electrons. The Morgan fingerprint density at radius 1 is 0.293 bits per heavy atom. The fourth-order valence-corrected chi connectivity index (χ4v) is 14.7. The molecule has 0 aliphatic heterocycles. The first-order valence-corrected chi connectivity index (χ1v) is 48.7. The summed E-state index contributed by atoms with van der Waals surface area (Å²) in [5.41, 5.74) is 59.6. The van der Waals surface area contributed by atoms with Gasteiger partial charge in [0, 0.05) is 81.7 Å². The average molecular weight is 2020 g/mol. The van der Waals surface area contributed by atoms with E-state index in [-0.39, 0.29) is 111 Å². The maximum atomic E-state index is 12.0. The molecule has 16 heterocycles. The zero-order valence-electron chi connectivity index (χ0n) is 84.2. The Morgan fingerprint density at radius 3 is 0.952 bits per heavy atom. The Kier molecular flexibility index (Phi) is 44.2. The van der Waals surface area contributed by atoms with E-state index < -0.39 is 12.6 Å². The molecular formula is C100H133F3N40O4. The molecule has 28 N–H and O–H groups in total. The number of aryl methyl sites for hydroxylation is 2. The predicted molar refractivity (Wildman–Crippen MR) is 579 cm³/mol. The second-order valence-electron chi connectivity index (χ2n) is 33.9. The van der Waals surface area contributed by atoms with Gasteiger partial charge in [-0.1, -0.05) is 124 Å². The van der Waals surface area contributed by atoms with Gasteiger partial charge in [0.2, 0.25) is 47.6 Å². The number of rotatable bonds is 36. The molecule has 17 rings (SSSR count). The lowest BCUT2D eigenvalue weighted by molar-refractivity contribution is -0.134. The highest BCUT2D eigenvalue weighted by Crippen LogP contribution is 2.31. The van der Waals surface area contributed by atoms with Crippen LogP contribution in [0.1, 0.15) is 168 Å². The zero-order valence-corrected chi connectivity index (χ0v) is 84.2. The SMILES string of the molecule is CCCC(C)Nc1nc(N)nc2cccnc12.CCCCCNc1nc(N)nc2cccnc12.CCCCNc1nc(N)nc2c(C)ccnc12.CCC[C@@H](CO)Nc1nc(N)nc2c(C)ccnc12.CCC[C@H](CO)Nc1nc(N)nc2cccnc12.CC[C@H](C)[C@@H](CO)Nc1nc(N)nc2cccnc12.Nc1nc(NCCCC(F)(F)F)c2ncccc2n1.Nc1nc(N[C@H](CO)c2ccccc2)c2ncccc2n1. The molecule has 0 spiro atoms. The number of benzene rings is 1. The van der Waals surface area contributed by atoms with Crippen molar-refractivity contribution < 1.29 is 33.6 Å². The number of pyridine rings is 8. The predicted octanol–water partition coefficient (Wildman–Crippen LogP) is 14.8. The van der Waals surface area contributed by atoms with Crippen molar-refractivity contribution in [1.82, 2.24) is 120 Å². The number of halogens is 3. The van der Waals surface area contributed by atoms with Crippen LogP contribution in [0.3, 0.4) is 0 Å². The zero-order chi connectivity index (χ0) is 106. The second kappa shape index (κ2) is 57.8.